The molecule has 0 aliphatic heterocycles. The Hall–Kier alpha value is -2.58. The number of anilines is 1. The van der Waals surface area contributed by atoms with Gasteiger partial charge in [-0.05, 0) is 43.5 Å². The SMILES string of the molecule is CCCNC(=O)C(CC)N(Cc1ccc(C)cc1)C(=O)CN(c1cccc(Cl)c1)S(C)(=O)=O. The van der Waals surface area contributed by atoms with Gasteiger partial charge in [0, 0.05) is 18.1 Å². The topological polar surface area (TPSA) is 86.8 Å². The highest BCUT2D eigenvalue weighted by Crippen LogP contribution is 2.23. The fourth-order valence-corrected chi connectivity index (χ4v) is 4.45. The van der Waals surface area contributed by atoms with Crippen molar-refractivity contribution in [1.29, 1.82) is 0 Å². The van der Waals surface area contributed by atoms with Crippen molar-refractivity contribution in [1.82, 2.24) is 10.2 Å². The zero-order chi connectivity index (χ0) is 24.6. The van der Waals surface area contributed by atoms with Crippen LogP contribution in [0.25, 0.3) is 0 Å². The number of hydrogen-bond acceptors (Lipinski definition) is 4. The first-order chi connectivity index (χ1) is 15.6. The first-order valence-electron chi connectivity index (χ1n) is 10.9. The number of sulfonamides is 1. The third-order valence-corrected chi connectivity index (χ3v) is 6.56. The quantitative estimate of drug-likeness (QED) is 0.516. The molecule has 0 aliphatic rings. The molecular formula is C24H32ClN3O4S. The maximum absolute atomic E-state index is 13.5. The number of amides is 2. The number of carbonyl (C=O) groups is 2. The molecule has 1 N–H and O–H groups in total. The zero-order valence-corrected chi connectivity index (χ0v) is 21.1. The molecule has 0 bridgehead atoms. The van der Waals surface area contributed by atoms with Gasteiger partial charge in [0.1, 0.15) is 12.6 Å². The van der Waals surface area contributed by atoms with Gasteiger partial charge in [0.05, 0.1) is 11.9 Å². The van der Waals surface area contributed by atoms with Crippen molar-refractivity contribution >= 4 is 39.1 Å². The molecule has 9 heteroatoms. The molecule has 0 saturated carbocycles. The fraction of sp³-hybridized carbons (Fsp3) is 0.417. The number of halogens is 1. The van der Waals surface area contributed by atoms with Crippen molar-refractivity contribution < 1.29 is 18.0 Å². The average molecular weight is 494 g/mol. The summed E-state index contributed by atoms with van der Waals surface area (Å²) in [5.41, 5.74) is 2.22. The van der Waals surface area contributed by atoms with Crippen molar-refractivity contribution in [2.45, 2.75) is 46.2 Å². The second-order valence-electron chi connectivity index (χ2n) is 7.97. The first kappa shape index (κ1) is 26.7. The Morgan fingerprint density at radius 1 is 1.09 bits per heavy atom. The molecule has 180 valence electrons. The van der Waals surface area contributed by atoms with E-state index < -0.39 is 28.5 Å². The molecule has 1 unspecified atom stereocenters. The van der Waals surface area contributed by atoms with E-state index >= 15 is 0 Å². The van der Waals surface area contributed by atoms with Gasteiger partial charge < -0.3 is 10.2 Å². The molecule has 2 rings (SSSR count). The van der Waals surface area contributed by atoms with Crippen LogP contribution in [0.4, 0.5) is 5.69 Å². The summed E-state index contributed by atoms with van der Waals surface area (Å²) in [5, 5.41) is 3.21. The Morgan fingerprint density at radius 3 is 2.30 bits per heavy atom. The van der Waals surface area contributed by atoms with Crippen LogP contribution < -0.4 is 9.62 Å². The molecule has 33 heavy (non-hydrogen) atoms. The second kappa shape index (κ2) is 12.0. The lowest BCUT2D eigenvalue weighted by molar-refractivity contribution is -0.140. The molecule has 7 nitrogen and oxygen atoms in total. The summed E-state index contributed by atoms with van der Waals surface area (Å²) in [5.74, 6) is -0.729. The largest absolute Gasteiger partial charge is 0.354 e. The van der Waals surface area contributed by atoms with Gasteiger partial charge in [-0.2, -0.15) is 0 Å². The molecule has 0 heterocycles. The van der Waals surface area contributed by atoms with Crippen molar-refractivity contribution in [3.8, 4) is 0 Å². The first-order valence-corrected chi connectivity index (χ1v) is 13.2. The maximum atomic E-state index is 13.5. The number of nitrogens with zero attached hydrogens (tertiary/aromatic N) is 2. The van der Waals surface area contributed by atoms with Crippen molar-refractivity contribution in [2.24, 2.45) is 0 Å². The summed E-state index contributed by atoms with van der Waals surface area (Å²) in [6.45, 7) is 5.99. The highest BCUT2D eigenvalue weighted by atomic mass is 35.5. The van der Waals surface area contributed by atoms with Crippen molar-refractivity contribution in [3.05, 3.63) is 64.7 Å². The summed E-state index contributed by atoms with van der Waals surface area (Å²) < 4.78 is 26.1. The second-order valence-corrected chi connectivity index (χ2v) is 10.3. The standard InChI is InChI=1S/C24H32ClN3O4S/c1-5-14-26-24(30)22(6-2)27(16-19-12-10-18(3)11-13-19)23(29)17-28(33(4,31)32)21-9-7-8-20(25)15-21/h7-13,15,22H,5-6,14,16-17H2,1-4H3,(H,26,30). The Balaban J connectivity index is 2.41. The van der Waals surface area contributed by atoms with Crippen LogP contribution in [0.5, 0.6) is 0 Å². The Bertz CT molecular complexity index is 1060. The predicted molar refractivity (Wildman–Crippen MR) is 133 cm³/mol. The molecule has 2 aromatic carbocycles. The minimum atomic E-state index is -3.78. The molecule has 2 amide bonds. The van der Waals surface area contributed by atoms with E-state index in [0.717, 1.165) is 28.1 Å². The summed E-state index contributed by atoms with van der Waals surface area (Å²) in [6, 6.07) is 13.3. The predicted octanol–water partition coefficient (Wildman–Crippen LogP) is 3.75. The number of aryl methyl sites for hydroxylation is 1. The van der Waals surface area contributed by atoms with Crippen molar-refractivity contribution in [3.63, 3.8) is 0 Å². The van der Waals surface area contributed by atoms with Crippen LogP contribution in [0.15, 0.2) is 48.5 Å². The van der Waals surface area contributed by atoms with Crippen LogP contribution >= 0.6 is 11.6 Å². The molecule has 0 saturated heterocycles. The van der Waals surface area contributed by atoms with E-state index in [4.69, 9.17) is 11.6 Å². The van der Waals surface area contributed by atoms with E-state index in [1.807, 2.05) is 45.0 Å². The van der Waals surface area contributed by atoms with Gasteiger partial charge >= 0.3 is 0 Å². The third-order valence-electron chi connectivity index (χ3n) is 5.18. The van der Waals surface area contributed by atoms with Crippen LogP contribution in [0.1, 0.15) is 37.8 Å². The number of benzene rings is 2. The van der Waals surface area contributed by atoms with Crippen LogP contribution in [0.3, 0.4) is 0 Å². The van der Waals surface area contributed by atoms with Gasteiger partial charge in [-0.25, -0.2) is 8.42 Å². The highest BCUT2D eigenvalue weighted by molar-refractivity contribution is 7.92. The maximum Gasteiger partial charge on any atom is 0.244 e. The van der Waals surface area contributed by atoms with Gasteiger partial charge in [0.2, 0.25) is 21.8 Å². The van der Waals surface area contributed by atoms with E-state index in [0.29, 0.717) is 18.0 Å². The van der Waals surface area contributed by atoms with E-state index in [-0.39, 0.29) is 18.1 Å². The lowest BCUT2D eigenvalue weighted by atomic mass is 10.1. The van der Waals surface area contributed by atoms with Gasteiger partial charge in [-0.1, -0.05) is 61.3 Å². The zero-order valence-electron chi connectivity index (χ0n) is 19.5. The molecule has 0 spiro atoms. The third kappa shape index (κ3) is 7.75. The number of nitrogens with one attached hydrogen (secondary N) is 1. The monoisotopic (exact) mass is 493 g/mol. The highest BCUT2D eigenvalue weighted by Gasteiger charge is 2.31. The Kier molecular flexibility index (Phi) is 9.73. The van der Waals surface area contributed by atoms with Crippen LogP contribution in [-0.2, 0) is 26.2 Å². The van der Waals surface area contributed by atoms with Crippen LogP contribution in [-0.4, -0.2) is 50.5 Å². The molecule has 0 aromatic heterocycles. The Morgan fingerprint density at radius 2 is 1.76 bits per heavy atom. The van der Waals surface area contributed by atoms with E-state index in [2.05, 4.69) is 5.32 Å². The minimum Gasteiger partial charge on any atom is -0.354 e. The summed E-state index contributed by atoms with van der Waals surface area (Å²) in [7, 11) is -3.78. The van der Waals surface area contributed by atoms with E-state index in [9.17, 15) is 18.0 Å². The molecule has 0 aliphatic carbocycles. The van der Waals surface area contributed by atoms with Gasteiger partial charge in [0.15, 0.2) is 0 Å². The Labute approximate surface area is 201 Å². The lowest BCUT2D eigenvalue weighted by Gasteiger charge is -2.33. The number of carbonyl (C=O) groups excluding carboxylic acids is 2. The molecule has 0 fully saturated rings. The summed E-state index contributed by atoms with van der Waals surface area (Å²) in [6.07, 6.45) is 2.20. The normalized spacial score (nSPS) is 12.2. The van der Waals surface area contributed by atoms with Crippen LogP contribution in [0, 0.1) is 6.92 Å². The molecular weight excluding hydrogens is 462 g/mol. The number of rotatable bonds is 11. The van der Waals surface area contributed by atoms with Crippen LogP contribution in [0.2, 0.25) is 5.02 Å². The summed E-state index contributed by atoms with van der Waals surface area (Å²) in [4.78, 5) is 27.8. The number of hydrogen-bond donors (Lipinski definition) is 1. The molecule has 2 aromatic rings. The molecule has 0 radical (unpaired) electrons. The minimum absolute atomic E-state index is 0.185. The van der Waals surface area contributed by atoms with Gasteiger partial charge in [-0.3, -0.25) is 13.9 Å². The average Bonchev–Trinajstić information content (AvgIpc) is 2.76. The van der Waals surface area contributed by atoms with Crippen molar-refractivity contribution in [2.75, 3.05) is 23.7 Å². The summed E-state index contributed by atoms with van der Waals surface area (Å²) >= 11 is 6.05. The van der Waals surface area contributed by atoms with E-state index in [1.54, 1.807) is 18.2 Å². The van der Waals surface area contributed by atoms with E-state index in [1.165, 1.54) is 11.0 Å². The smallest absolute Gasteiger partial charge is 0.244 e. The van der Waals surface area contributed by atoms with Gasteiger partial charge in [-0.15, -0.1) is 0 Å². The molecule has 1 atom stereocenters. The lowest BCUT2D eigenvalue weighted by Crippen LogP contribution is -2.52. The van der Waals surface area contributed by atoms with Gasteiger partial charge in [0.25, 0.3) is 0 Å². The fourth-order valence-electron chi connectivity index (χ4n) is 3.42.